The number of aromatic carboxylic acids is 1. The average Bonchev–Trinajstić information content (AvgIpc) is 3.77. The Kier molecular flexibility index (Phi) is 13.7. The zero-order chi connectivity index (χ0) is 30.5. The van der Waals surface area contributed by atoms with E-state index in [2.05, 4.69) is 4.74 Å². The van der Waals surface area contributed by atoms with Gasteiger partial charge < -0.3 is 23.0 Å². The van der Waals surface area contributed by atoms with Gasteiger partial charge in [0.2, 0.25) is 0 Å². The minimum atomic E-state index is -0.890. The number of halogens is 1. The summed E-state index contributed by atoms with van der Waals surface area (Å²) in [6.45, 7) is 2.78. The third-order valence-corrected chi connectivity index (χ3v) is 6.01. The monoisotopic (exact) mass is 606 g/mol. The number of fused-ring (bicyclic) bond motifs is 3. The Morgan fingerprint density at radius 3 is 1.63 bits per heavy atom. The van der Waals surface area contributed by atoms with Crippen molar-refractivity contribution in [3.8, 4) is 0 Å². The first-order chi connectivity index (χ1) is 20.3. The van der Waals surface area contributed by atoms with E-state index < -0.39 is 5.97 Å². The van der Waals surface area contributed by atoms with Crippen LogP contribution in [0.25, 0.3) is 16.6 Å². The average molecular weight is 607 g/mol. The van der Waals surface area contributed by atoms with E-state index in [-0.39, 0.29) is 18.3 Å². The highest BCUT2D eigenvalue weighted by molar-refractivity contribution is 5.94. The first kappa shape index (κ1) is 34.3. The van der Waals surface area contributed by atoms with Crippen molar-refractivity contribution in [3.05, 3.63) is 127 Å². The van der Waals surface area contributed by atoms with Gasteiger partial charge in [-0.3, -0.25) is 14.4 Å². The fourth-order valence-electron chi connectivity index (χ4n) is 3.75. The van der Waals surface area contributed by atoms with Crippen molar-refractivity contribution in [2.24, 2.45) is 0 Å². The quantitative estimate of drug-likeness (QED) is 0.190. The van der Waals surface area contributed by atoms with E-state index in [1.54, 1.807) is 37.0 Å². The number of aromatic nitrogens is 3. The van der Waals surface area contributed by atoms with Crippen LogP contribution in [0, 0.1) is 0 Å². The molecule has 0 aliphatic rings. The number of methoxy groups -OCH3 is 1. The van der Waals surface area contributed by atoms with E-state index in [1.807, 2.05) is 107 Å². The van der Waals surface area contributed by atoms with Crippen molar-refractivity contribution in [2.75, 3.05) is 27.9 Å². The van der Waals surface area contributed by atoms with Gasteiger partial charge in [-0.2, -0.15) is 0 Å². The van der Waals surface area contributed by atoms with Crippen LogP contribution >= 0.6 is 12.4 Å². The summed E-state index contributed by atoms with van der Waals surface area (Å²) in [5, 5.41) is 9.88. The fraction of sp³-hybridized carbons (Fsp3) is 0.156. The SMILES string of the molecule is CCOC.CON(C)C(=O)c1cc2ccccn2c1.Cl.O=C(O)c1cc2ccccn2c1.O=Cc1cc2ccccn2c1. The highest BCUT2D eigenvalue weighted by Gasteiger charge is 2.13. The predicted octanol–water partition coefficient (Wildman–Crippen LogP) is 6.04. The van der Waals surface area contributed by atoms with Gasteiger partial charge in [-0.25, -0.2) is 9.86 Å². The molecule has 0 radical (unpaired) electrons. The Balaban J connectivity index is 0.000000212. The Hall–Kier alpha value is -4.90. The number of nitrogens with zero attached hydrogens (tertiary/aromatic N) is 4. The molecule has 6 aromatic heterocycles. The molecule has 6 heterocycles. The molecule has 10 nitrogen and oxygen atoms in total. The van der Waals surface area contributed by atoms with Crippen molar-refractivity contribution >= 4 is 47.1 Å². The molecule has 1 amide bonds. The first-order valence-corrected chi connectivity index (χ1v) is 13.0. The largest absolute Gasteiger partial charge is 0.478 e. The summed E-state index contributed by atoms with van der Waals surface area (Å²) >= 11 is 0. The van der Waals surface area contributed by atoms with Crippen molar-refractivity contribution in [1.29, 1.82) is 0 Å². The van der Waals surface area contributed by atoms with Crippen LogP contribution in [-0.2, 0) is 9.57 Å². The van der Waals surface area contributed by atoms with E-state index in [1.165, 1.54) is 12.2 Å². The summed E-state index contributed by atoms with van der Waals surface area (Å²) in [6, 6.07) is 22.6. The number of amides is 1. The Morgan fingerprint density at radius 1 is 0.791 bits per heavy atom. The number of carboxylic acids is 1. The maximum absolute atomic E-state index is 11.7. The number of ether oxygens (including phenoxy) is 1. The molecule has 0 bridgehead atoms. The molecule has 0 unspecified atom stereocenters. The smallest absolute Gasteiger partial charge is 0.337 e. The zero-order valence-electron chi connectivity index (χ0n) is 24.4. The topological polar surface area (TPSA) is 106 Å². The molecular formula is C32H35ClN4O6. The molecule has 0 fully saturated rings. The number of hydroxylamine groups is 2. The van der Waals surface area contributed by atoms with Crippen LogP contribution < -0.4 is 0 Å². The van der Waals surface area contributed by atoms with Gasteiger partial charge in [0, 0.05) is 80.1 Å². The highest BCUT2D eigenvalue weighted by Crippen LogP contribution is 2.12. The summed E-state index contributed by atoms with van der Waals surface area (Å²) in [7, 11) is 4.73. The second kappa shape index (κ2) is 17.1. The molecule has 6 rings (SSSR count). The number of rotatable bonds is 5. The normalized spacial score (nSPS) is 9.86. The van der Waals surface area contributed by atoms with Crippen LogP contribution in [0.5, 0.6) is 0 Å². The Bertz CT molecular complexity index is 1660. The molecule has 1 N–H and O–H groups in total. The van der Waals surface area contributed by atoms with Gasteiger partial charge in [-0.05, 0) is 61.5 Å². The number of carbonyl (C=O) groups excluding carboxylic acids is 2. The number of hydrogen-bond acceptors (Lipinski definition) is 5. The van der Waals surface area contributed by atoms with Gasteiger partial charge in [-0.15, -0.1) is 12.4 Å². The third-order valence-electron chi connectivity index (χ3n) is 6.01. The summed E-state index contributed by atoms with van der Waals surface area (Å²) in [6.07, 6.45) is 11.7. The van der Waals surface area contributed by atoms with Gasteiger partial charge >= 0.3 is 5.97 Å². The molecule has 0 saturated carbocycles. The molecule has 6 aromatic rings. The molecule has 0 saturated heterocycles. The second-order valence-electron chi connectivity index (χ2n) is 8.81. The molecular weight excluding hydrogens is 572 g/mol. The van der Waals surface area contributed by atoms with E-state index in [4.69, 9.17) is 9.94 Å². The van der Waals surface area contributed by atoms with Crippen LogP contribution in [0.2, 0.25) is 0 Å². The summed E-state index contributed by atoms with van der Waals surface area (Å²) in [4.78, 5) is 37.5. The van der Waals surface area contributed by atoms with Gasteiger partial charge in [-0.1, -0.05) is 18.2 Å². The number of hydrogen-bond donors (Lipinski definition) is 1. The minimum Gasteiger partial charge on any atom is -0.478 e. The van der Waals surface area contributed by atoms with Crippen molar-refractivity contribution in [3.63, 3.8) is 0 Å². The van der Waals surface area contributed by atoms with Crippen LogP contribution in [0.4, 0.5) is 0 Å². The lowest BCUT2D eigenvalue weighted by Crippen LogP contribution is -2.24. The zero-order valence-corrected chi connectivity index (χ0v) is 25.2. The summed E-state index contributed by atoms with van der Waals surface area (Å²) in [5.74, 6) is -1.04. The number of pyridine rings is 3. The summed E-state index contributed by atoms with van der Waals surface area (Å²) < 4.78 is 10.1. The van der Waals surface area contributed by atoms with Crippen LogP contribution in [0.3, 0.4) is 0 Å². The maximum Gasteiger partial charge on any atom is 0.337 e. The first-order valence-electron chi connectivity index (χ1n) is 13.0. The highest BCUT2D eigenvalue weighted by atomic mass is 35.5. The van der Waals surface area contributed by atoms with E-state index >= 15 is 0 Å². The van der Waals surface area contributed by atoms with Gasteiger partial charge in [0.25, 0.3) is 5.91 Å². The van der Waals surface area contributed by atoms with E-state index in [0.717, 1.165) is 35.0 Å². The Morgan fingerprint density at radius 2 is 1.23 bits per heavy atom. The molecule has 0 aliphatic heterocycles. The molecule has 43 heavy (non-hydrogen) atoms. The molecule has 11 heteroatoms. The molecule has 0 atom stereocenters. The third kappa shape index (κ3) is 9.57. The van der Waals surface area contributed by atoms with Gasteiger partial charge in [0.15, 0.2) is 6.29 Å². The van der Waals surface area contributed by atoms with Gasteiger partial charge in [0.1, 0.15) is 0 Å². The number of carboxylic acid groups (broad SMARTS) is 1. The van der Waals surface area contributed by atoms with Crippen molar-refractivity contribution in [2.45, 2.75) is 6.92 Å². The second-order valence-corrected chi connectivity index (χ2v) is 8.81. The van der Waals surface area contributed by atoms with Crippen molar-refractivity contribution < 1.29 is 29.1 Å². The lowest BCUT2D eigenvalue weighted by molar-refractivity contribution is -0.0756. The maximum atomic E-state index is 11.7. The van der Waals surface area contributed by atoms with Crippen molar-refractivity contribution in [1.82, 2.24) is 18.3 Å². The molecule has 0 aliphatic carbocycles. The fourth-order valence-corrected chi connectivity index (χ4v) is 3.75. The number of carbonyl (C=O) groups is 3. The molecule has 226 valence electrons. The number of aldehydes is 1. The van der Waals surface area contributed by atoms with Crippen LogP contribution in [-0.4, -0.2) is 69.4 Å². The standard InChI is InChI=1S/C11H12N2O2.C9H7NO2.C9H7NO.C3H8O.ClH/c1-12(15-2)11(14)9-7-10-5-3-4-6-13(10)8-9;11-9(12)7-5-8-3-1-2-4-10(8)6-7;11-7-8-5-9-3-1-2-4-10(9)6-8;1-3-4-2;/h3-8H,1-2H3;1-6H,(H,11,12);1-7H;3H2,1-2H3;1H. The predicted molar refractivity (Wildman–Crippen MR) is 168 cm³/mol. The molecule has 0 aromatic carbocycles. The van der Waals surface area contributed by atoms with E-state index in [9.17, 15) is 14.4 Å². The van der Waals surface area contributed by atoms with Crippen LogP contribution in [0.1, 0.15) is 38.0 Å². The lowest BCUT2D eigenvalue weighted by Gasteiger charge is -2.11. The van der Waals surface area contributed by atoms with E-state index in [0.29, 0.717) is 11.1 Å². The molecule has 0 spiro atoms. The van der Waals surface area contributed by atoms with Gasteiger partial charge in [0.05, 0.1) is 18.2 Å². The van der Waals surface area contributed by atoms with Crippen LogP contribution in [0.15, 0.2) is 110 Å². The minimum absolute atomic E-state index is 0. The lowest BCUT2D eigenvalue weighted by atomic mass is 10.3. The Labute approximate surface area is 255 Å². The summed E-state index contributed by atoms with van der Waals surface area (Å²) in [5.41, 5.74) is 4.60.